The lowest BCUT2D eigenvalue weighted by Crippen LogP contribution is -2.25. The Balaban J connectivity index is 0.915. The Bertz CT molecular complexity index is 3560. The number of benzene rings is 8. The molecule has 10 rings (SSSR count). The Morgan fingerprint density at radius 2 is 1.00 bits per heavy atom. The summed E-state index contributed by atoms with van der Waals surface area (Å²) in [5, 5.41) is 11.7. The Kier molecular flexibility index (Phi) is 20.1. The molecule has 0 aliphatic heterocycles. The normalized spacial score (nSPS) is 13.6. The van der Waals surface area contributed by atoms with Crippen molar-refractivity contribution in [3.63, 3.8) is 0 Å². The van der Waals surface area contributed by atoms with Crippen molar-refractivity contribution in [1.82, 2.24) is 4.57 Å². The molecule has 0 amide bonds. The smallest absolute Gasteiger partial charge is 0.303 e. The van der Waals surface area contributed by atoms with Gasteiger partial charge in [0.1, 0.15) is 0 Å². The summed E-state index contributed by atoms with van der Waals surface area (Å²) < 4.78 is 7.37. The molecule has 1 N–H and O–H groups in total. The van der Waals surface area contributed by atoms with Crippen LogP contribution in [0.1, 0.15) is 170 Å². The van der Waals surface area contributed by atoms with Crippen molar-refractivity contribution in [3.05, 3.63) is 204 Å². The summed E-state index contributed by atoms with van der Waals surface area (Å²) in [6, 6.07) is 66.7. The maximum Gasteiger partial charge on any atom is 0.303 e. The molecule has 1 aromatic heterocycles. The van der Waals surface area contributed by atoms with Crippen molar-refractivity contribution < 1.29 is 19.4 Å². The lowest BCUT2D eigenvalue weighted by atomic mass is 9.70. The number of carboxylic acids is 1. The van der Waals surface area contributed by atoms with Gasteiger partial charge >= 0.3 is 5.97 Å². The van der Waals surface area contributed by atoms with Gasteiger partial charge in [0.25, 0.3) is 6.47 Å². The molecule has 1 aliphatic carbocycles. The standard InChI is InChI=1S/C77H86N2O4/c1-4-5-6-17-24-59-31-41-67(42-32-59)79-74-26-20-19-25-70(74)71-49-38-63(55-75(71)79)61-35-45-66(46-36-61)78(64-39-28-57(2)29-40-64)65-43-33-60(34-44-65)62-37-48-69-68-47-30-58(3)53-72(68)77(73(69)54-62,50-21-14-10-7-9-13-18-27-76(81)82)51-22-15-11-8-12-16-23-52-83-56-80/h19-20,25-26,28-49,53-56H,4-18,21-24,27,50-52H2,1-3H3,(H,81,82). The maximum atomic E-state index is 11.1. The lowest BCUT2D eigenvalue weighted by Gasteiger charge is -2.33. The van der Waals surface area contributed by atoms with E-state index in [1.165, 1.54) is 159 Å². The Labute approximate surface area is 494 Å². The average Bonchev–Trinajstić information content (AvgIpc) is 2.83. The monoisotopic (exact) mass is 1100 g/mol. The number of carbonyl (C=O) groups is 2. The van der Waals surface area contributed by atoms with E-state index in [-0.39, 0.29) is 11.8 Å². The molecule has 0 radical (unpaired) electrons. The molecule has 6 heteroatoms. The zero-order chi connectivity index (χ0) is 57.4. The zero-order valence-electron chi connectivity index (χ0n) is 49.7. The first-order valence-electron chi connectivity index (χ1n) is 31.5. The molecule has 0 fully saturated rings. The van der Waals surface area contributed by atoms with Gasteiger partial charge in [0.2, 0.25) is 0 Å². The van der Waals surface area contributed by atoms with Gasteiger partial charge < -0.3 is 19.3 Å². The molecule has 1 aliphatic rings. The van der Waals surface area contributed by atoms with Gasteiger partial charge in [-0.3, -0.25) is 9.59 Å². The SMILES string of the molecule is CCCCCCc1ccc(-n2c3ccccc3c3ccc(-c4ccc(N(c5ccc(C)cc5)c5ccc(-c6ccc7c(c6)C(CCCCCCCCCOC=O)(CCCCCCCCCC(=O)O)c6cc(C)ccc6-7)cc5)cc4)cc32)cc1. The fourth-order valence-corrected chi connectivity index (χ4v) is 13.3. The predicted molar refractivity (Wildman–Crippen MR) is 348 cm³/mol. The molecule has 1 unspecified atom stereocenters. The highest BCUT2D eigenvalue weighted by Crippen LogP contribution is 2.55. The van der Waals surface area contributed by atoms with E-state index < -0.39 is 5.97 Å². The molecule has 83 heavy (non-hydrogen) atoms. The maximum absolute atomic E-state index is 11.1. The average molecular weight is 1100 g/mol. The summed E-state index contributed by atoms with van der Waals surface area (Å²) in [5.41, 5.74) is 21.4. The Morgan fingerprint density at radius 1 is 0.494 bits per heavy atom. The lowest BCUT2D eigenvalue weighted by molar-refractivity contribution is -0.137. The fraction of sp³-hybridized carbons (Fsp3) is 0.351. The molecule has 0 spiro atoms. The van der Waals surface area contributed by atoms with Gasteiger partial charge in [-0.1, -0.05) is 224 Å². The highest BCUT2D eigenvalue weighted by Gasteiger charge is 2.42. The number of para-hydroxylation sites is 1. The third-order valence-corrected chi connectivity index (χ3v) is 17.8. The number of hydrogen-bond donors (Lipinski definition) is 1. The molecule has 0 bridgehead atoms. The summed E-state index contributed by atoms with van der Waals surface area (Å²) in [6.45, 7) is 7.75. The number of rotatable bonds is 32. The number of aryl methyl sites for hydroxylation is 3. The number of fused-ring (bicyclic) bond motifs is 6. The number of carbonyl (C=O) groups excluding carboxylic acids is 1. The van der Waals surface area contributed by atoms with E-state index in [2.05, 4.69) is 206 Å². The van der Waals surface area contributed by atoms with Gasteiger partial charge in [0, 0.05) is 45.4 Å². The van der Waals surface area contributed by atoms with E-state index in [1.807, 2.05) is 0 Å². The first-order chi connectivity index (χ1) is 40.7. The van der Waals surface area contributed by atoms with E-state index in [0.717, 1.165) is 81.3 Å². The molecular formula is C77H86N2O4. The molecule has 0 saturated heterocycles. The topological polar surface area (TPSA) is 71.8 Å². The van der Waals surface area contributed by atoms with Crippen molar-refractivity contribution >= 4 is 51.3 Å². The first-order valence-corrected chi connectivity index (χ1v) is 31.5. The number of aromatic nitrogens is 1. The predicted octanol–water partition coefficient (Wildman–Crippen LogP) is 21.5. The zero-order valence-corrected chi connectivity index (χ0v) is 49.7. The van der Waals surface area contributed by atoms with E-state index >= 15 is 0 Å². The molecule has 428 valence electrons. The minimum Gasteiger partial charge on any atom is -0.481 e. The summed E-state index contributed by atoms with van der Waals surface area (Å²) in [5.74, 6) is -0.692. The van der Waals surface area contributed by atoms with Gasteiger partial charge in [0.05, 0.1) is 17.6 Å². The van der Waals surface area contributed by atoms with Gasteiger partial charge in [-0.05, 0) is 169 Å². The third kappa shape index (κ3) is 14.0. The number of anilines is 3. The van der Waals surface area contributed by atoms with Gasteiger partial charge in [-0.2, -0.15) is 0 Å². The number of aliphatic carboxylic acids is 1. The van der Waals surface area contributed by atoms with Gasteiger partial charge in [0.15, 0.2) is 0 Å². The number of hydrogen-bond acceptors (Lipinski definition) is 4. The number of unbranched alkanes of at least 4 members (excludes halogenated alkanes) is 15. The van der Waals surface area contributed by atoms with Crippen molar-refractivity contribution in [1.29, 1.82) is 0 Å². The summed E-state index contributed by atoms with van der Waals surface area (Å²) >= 11 is 0. The third-order valence-electron chi connectivity index (χ3n) is 17.8. The van der Waals surface area contributed by atoms with E-state index in [1.54, 1.807) is 0 Å². The minimum absolute atomic E-state index is 0.0712. The second-order valence-electron chi connectivity index (χ2n) is 23.8. The Hall–Kier alpha value is -7.70. The largest absolute Gasteiger partial charge is 0.481 e. The second-order valence-corrected chi connectivity index (χ2v) is 23.8. The quantitative estimate of drug-likeness (QED) is 0.0336. The van der Waals surface area contributed by atoms with Crippen LogP contribution in [0.25, 0.3) is 60.9 Å². The van der Waals surface area contributed by atoms with Crippen LogP contribution in [-0.4, -0.2) is 28.7 Å². The number of nitrogens with zero attached hydrogens (tertiary/aromatic N) is 2. The summed E-state index contributed by atoms with van der Waals surface area (Å²) in [6.07, 6.45) is 24.3. The van der Waals surface area contributed by atoms with Crippen molar-refractivity contribution in [2.45, 2.75) is 167 Å². The molecule has 9 aromatic rings. The molecular weight excluding hydrogens is 1020 g/mol. The molecule has 6 nitrogen and oxygen atoms in total. The van der Waals surface area contributed by atoms with Crippen LogP contribution in [0.5, 0.6) is 0 Å². The van der Waals surface area contributed by atoms with Crippen LogP contribution in [0.3, 0.4) is 0 Å². The van der Waals surface area contributed by atoms with E-state index in [0.29, 0.717) is 13.1 Å². The van der Waals surface area contributed by atoms with Crippen LogP contribution in [0, 0.1) is 13.8 Å². The van der Waals surface area contributed by atoms with E-state index in [9.17, 15) is 9.59 Å². The number of carboxylic acid groups (broad SMARTS) is 1. The van der Waals surface area contributed by atoms with E-state index in [4.69, 9.17) is 9.84 Å². The van der Waals surface area contributed by atoms with Crippen molar-refractivity contribution in [3.8, 4) is 39.1 Å². The van der Waals surface area contributed by atoms with Crippen LogP contribution in [0.15, 0.2) is 176 Å². The summed E-state index contributed by atoms with van der Waals surface area (Å²) in [4.78, 5) is 24.1. The van der Waals surface area contributed by atoms with Crippen LogP contribution < -0.4 is 4.90 Å². The highest BCUT2D eigenvalue weighted by atomic mass is 16.5. The van der Waals surface area contributed by atoms with Crippen LogP contribution in [-0.2, 0) is 26.2 Å². The molecule has 8 aromatic carbocycles. The van der Waals surface area contributed by atoms with Crippen molar-refractivity contribution in [2.75, 3.05) is 11.5 Å². The van der Waals surface area contributed by atoms with Gasteiger partial charge in [-0.15, -0.1) is 0 Å². The Morgan fingerprint density at radius 3 is 1.63 bits per heavy atom. The van der Waals surface area contributed by atoms with Crippen molar-refractivity contribution in [2.24, 2.45) is 0 Å². The van der Waals surface area contributed by atoms with Crippen LogP contribution >= 0.6 is 0 Å². The summed E-state index contributed by atoms with van der Waals surface area (Å²) in [7, 11) is 0. The second kappa shape index (κ2) is 28.5. The van der Waals surface area contributed by atoms with Crippen LogP contribution in [0.2, 0.25) is 0 Å². The highest BCUT2D eigenvalue weighted by molar-refractivity contribution is 6.10. The van der Waals surface area contributed by atoms with Crippen LogP contribution in [0.4, 0.5) is 17.1 Å². The molecule has 1 atom stereocenters. The molecule has 1 heterocycles. The number of ether oxygens (including phenoxy) is 1. The fourth-order valence-electron chi connectivity index (χ4n) is 13.3. The van der Waals surface area contributed by atoms with Gasteiger partial charge in [-0.25, -0.2) is 0 Å². The molecule has 0 saturated carbocycles. The first kappa shape index (κ1) is 58.5. The minimum atomic E-state index is -0.692.